The van der Waals surface area contributed by atoms with Crippen LogP contribution >= 0.6 is 0 Å². The number of carbonyl (C=O) groups is 1. The predicted octanol–water partition coefficient (Wildman–Crippen LogP) is 1.32. The molecule has 0 heterocycles. The number of ether oxygens (including phenoxy) is 2. The largest absolute Gasteiger partial charge is 0.497 e. The van der Waals surface area contributed by atoms with Crippen molar-refractivity contribution in [2.45, 2.75) is 25.9 Å². The molecule has 0 bridgehead atoms. The summed E-state index contributed by atoms with van der Waals surface area (Å²) >= 11 is 0. The number of likely N-dealkylation sites (N-methyl/N-ethyl adjacent to an activating group) is 1. The van der Waals surface area contributed by atoms with Gasteiger partial charge in [-0.3, -0.25) is 4.79 Å². The summed E-state index contributed by atoms with van der Waals surface area (Å²) in [6.07, 6.45) is 0. The second-order valence-corrected chi connectivity index (χ2v) is 4.74. The summed E-state index contributed by atoms with van der Waals surface area (Å²) in [5.41, 5.74) is 0.309. The second-order valence-electron chi connectivity index (χ2n) is 4.74. The van der Waals surface area contributed by atoms with Crippen LogP contribution in [0.2, 0.25) is 0 Å². The summed E-state index contributed by atoms with van der Waals surface area (Å²) < 4.78 is 10.4. The van der Waals surface area contributed by atoms with E-state index in [2.05, 4.69) is 10.6 Å². The Hall–Kier alpha value is -1.75. The van der Waals surface area contributed by atoms with Gasteiger partial charge in [0.2, 0.25) is 5.91 Å². The van der Waals surface area contributed by atoms with Gasteiger partial charge in [-0.15, -0.1) is 0 Å². The van der Waals surface area contributed by atoms with E-state index in [-0.39, 0.29) is 5.91 Å². The third-order valence-electron chi connectivity index (χ3n) is 3.13. The van der Waals surface area contributed by atoms with Crippen LogP contribution in [0.3, 0.4) is 0 Å². The monoisotopic (exact) mass is 266 g/mol. The number of benzene rings is 1. The summed E-state index contributed by atoms with van der Waals surface area (Å²) in [6.45, 7) is 4.07. The zero-order valence-electron chi connectivity index (χ0n) is 12.2. The molecule has 1 rings (SSSR count). The molecule has 5 nitrogen and oxygen atoms in total. The standard InChI is InChI=1S/C14H22N2O3/c1-14(2,15-3)13(17)16-9-10-6-7-11(18-4)8-12(10)19-5/h6-8,15H,9H2,1-5H3,(H,16,17). The molecular formula is C14H22N2O3. The van der Waals surface area contributed by atoms with E-state index < -0.39 is 5.54 Å². The molecule has 0 aliphatic rings. The molecule has 0 aromatic heterocycles. The molecule has 2 N–H and O–H groups in total. The minimum Gasteiger partial charge on any atom is -0.497 e. The molecule has 106 valence electrons. The fraction of sp³-hybridized carbons (Fsp3) is 0.500. The molecule has 0 saturated carbocycles. The lowest BCUT2D eigenvalue weighted by Crippen LogP contribution is -2.50. The normalized spacial score (nSPS) is 11.0. The van der Waals surface area contributed by atoms with Crippen LogP contribution in [-0.4, -0.2) is 32.7 Å². The van der Waals surface area contributed by atoms with E-state index >= 15 is 0 Å². The van der Waals surface area contributed by atoms with Crippen LogP contribution in [0.4, 0.5) is 0 Å². The Balaban J connectivity index is 2.75. The summed E-state index contributed by atoms with van der Waals surface area (Å²) in [6, 6.07) is 5.52. The van der Waals surface area contributed by atoms with E-state index in [0.29, 0.717) is 12.3 Å². The number of hydrogen-bond acceptors (Lipinski definition) is 4. The molecule has 1 aromatic rings. The van der Waals surface area contributed by atoms with Crippen molar-refractivity contribution in [3.8, 4) is 11.5 Å². The van der Waals surface area contributed by atoms with Gasteiger partial charge in [0.05, 0.1) is 19.8 Å². The van der Waals surface area contributed by atoms with Crippen LogP contribution in [0.1, 0.15) is 19.4 Å². The van der Waals surface area contributed by atoms with Gasteiger partial charge < -0.3 is 20.1 Å². The molecule has 0 fully saturated rings. The molecule has 19 heavy (non-hydrogen) atoms. The van der Waals surface area contributed by atoms with Gasteiger partial charge in [0, 0.05) is 18.2 Å². The Morgan fingerprint density at radius 1 is 1.26 bits per heavy atom. The third-order valence-corrected chi connectivity index (χ3v) is 3.13. The lowest BCUT2D eigenvalue weighted by Gasteiger charge is -2.23. The summed E-state index contributed by atoms with van der Waals surface area (Å²) in [7, 11) is 4.96. The van der Waals surface area contributed by atoms with E-state index in [1.165, 1.54) is 0 Å². The van der Waals surface area contributed by atoms with Crippen molar-refractivity contribution >= 4 is 5.91 Å². The fourth-order valence-electron chi connectivity index (χ4n) is 1.51. The van der Waals surface area contributed by atoms with Crippen LogP contribution in [0.5, 0.6) is 11.5 Å². The molecule has 0 aliphatic heterocycles. The highest BCUT2D eigenvalue weighted by atomic mass is 16.5. The highest BCUT2D eigenvalue weighted by Gasteiger charge is 2.24. The zero-order valence-corrected chi connectivity index (χ0v) is 12.2. The van der Waals surface area contributed by atoms with E-state index in [4.69, 9.17) is 9.47 Å². The average Bonchev–Trinajstić information content (AvgIpc) is 2.44. The van der Waals surface area contributed by atoms with Gasteiger partial charge in [0.1, 0.15) is 11.5 Å². The van der Waals surface area contributed by atoms with E-state index in [0.717, 1.165) is 11.3 Å². The number of hydrogen-bond donors (Lipinski definition) is 2. The smallest absolute Gasteiger partial charge is 0.239 e. The molecule has 0 atom stereocenters. The van der Waals surface area contributed by atoms with Crippen molar-refractivity contribution in [1.29, 1.82) is 0 Å². The maximum Gasteiger partial charge on any atom is 0.239 e. The lowest BCUT2D eigenvalue weighted by atomic mass is 10.0. The van der Waals surface area contributed by atoms with Crippen molar-refractivity contribution in [2.24, 2.45) is 0 Å². The molecule has 0 spiro atoms. The maximum absolute atomic E-state index is 12.0. The van der Waals surface area contributed by atoms with Gasteiger partial charge in [-0.05, 0) is 33.0 Å². The number of amides is 1. The molecule has 0 aliphatic carbocycles. The van der Waals surface area contributed by atoms with Gasteiger partial charge in [0.15, 0.2) is 0 Å². The maximum atomic E-state index is 12.0. The molecule has 0 unspecified atom stereocenters. The molecule has 0 saturated heterocycles. The van der Waals surface area contributed by atoms with Crippen LogP contribution in [-0.2, 0) is 11.3 Å². The Bertz CT molecular complexity index is 444. The Morgan fingerprint density at radius 2 is 1.95 bits per heavy atom. The fourth-order valence-corrected chi connectivity index (χ4v) is 1.51. The molecule has 0 radical (unpaired) electrons. The summed E-state index contributed by atoms with van der Waals surface area (Å²) in [4.78, 5) is 12.0. The highest BCUT2D eigenvalue weighted by Crippen LogP contribution is 2.24. The zero-order chi connectivity index (χ0) is 14.5. The quantitative estimate of drug-likeness (QED) is 0.815. The van der Waals surface area contributed by atoms with Gasteiger partial charge in [-0.25, -0.2) is 0 Å². The third kappa shape index (κ3) is 3.86. The minimum atomic E-state index is -0.598. The molecule has 1 amide bonds. The Kier molecular flexibility index (Phi) is 5.18. The lowest BCUT2D eigenvalue weighted by molar-refractivity contribution is -0.126. The van der Waals surface area contributed by atoms with Crippen molar-refractivity contribution < 1.29 is 14.3 Å². The van der Waals surface area contributed by atoms with Crippen molar-refractivity contribution in [2.75, 3.05) is 21.3 Å². The summed E-state index contributed by atoms with van der Waals surface area (Å²) in [5, 5.41) is 5.84. The number of rotatable bonds is 6. The first kappa shape index (κ1) is 15.3. The van der Waals surface area contributed by atoms with Gasteiger partial charge in [-0.1, -0.05) is 0 Å². The molecular weight excluding hydrogens is 244 g/mol. The van der Waals surface area contributed by atoms with Crippen LogP contribution in [0.15, 0.2) is 18.2 Å². The summed E-state index contributed by atoms with van der Waals surface area (Å²) in [5.74, 6) is 1.36. The van der Waals surface area contributed by atoms with E-state index in [9.17, 15) is 4.79 Å². The van der Waals surface area contributed by atoms with Crippen LogP contribution in [0, 0.1) is 0 Å². The minimum absolute atomic E-state index is 0.0622. The number of nitrogens with one attached hydrogen (secondary N) is 2. The van der Waals surface area contributed by atoms with Crippen molar-refractivity contribution in [1.82, 2.24) is 10.6 Å². The van der Waals surface area contributed by atoms with E-state index in [1.807, 2.05) is 26.0 Å². The van der Waals surface area contributed by atoms with Crippen molar-refractivity contribution in [3.05, 3.63) is 23.8 Å². The van der Waals surface area contributed by atoms with Gasteiger partial charge in [-0.2, -0.15) is 0 Å². The number of carbonyl (C=O) groups excluding carboxylic acids is 1. The first-order chi connectivity index (χ1) is 8.94. The van der Waals surface area contributed by atoms with Gasteiger partial charge >= 0.3 is 0 Å². The molecule has 1 aromatic carbocycles. The first-order valence-corrected chi connectivity index (χ1v) is 6.12. The van der Waals surface area contributed by atoms with Crippen LogP contribution in [0.25, 0.3) is 0 Å². The SMILES string of the molecule is CNC(C)(C)C(=O)NCc1ccc(OC)cc1OC. The highest BCUT2D eigenvalue weighted by molar-refractivity contribution is 5.85. The first-order valence-electron chi connectivity index (χ1n) is 6.12. The Labute approximate surface area is 114 Å². The van der Waals surface area contributed by atoms with E-state index in [1.54, 1.807) is 27.3 Å². The topological polar surface area (TPSA) is 59.6 Å². The Morgan fingerprint density at radius 3 is 2.47 bits per heavy atom. The van der Waals surface area contributed by atoms with Gasteiger partial charge in [0.25, 0.3) is 0 Å². The van der Waals surface area contributed by atoms with Crippen molar-refractivity contribution in [3.63, 3.8) is 0 Å². The number of methoxy groups -OCH3 is 2. The van der Waals surface area contributed by atoms with Crippen LogP contribution < -0.4 is 20.1 Å². The second kappa shape index (κ2) is 6.43. The average molecular weight is 266 g/mol. The molecule has 5 heteroatoms. The predicted molar refractivity (Wildman–Crippen MR) is 74.5 cm³/mol.